The van der Waals surface area contributed by atoms with Crippen molar-refractivity contribution in [2.24, 2.45) is 5.14 Å². The third-order valence-corrected chi connectivity index (χ3v) is 4.44. The number of rotatable bonds is 2. The third-order valence-electron chi connectivity index (χ3n) is 3.26. The molecule has 0 spiro atoms. The molecule has 1 aliphatic heterocycles. The van der Waals surface area contributed by atoms with Crippen molar-refractivity contribution in [3.8, 4) is 0 Å². The van der Waals surface area contributed by atoms with Gasteiger partial charge in [-0.2, -0.15) is 0 Å². The molecule has 2 aromatic carbocycles. The highest BCUT2D eigenvalue weighted by Crippen LogP contribution is 2.33. The zero-order chi connectivity index (χ0) is 16.1. The summed E-state index contributed by atoms with van der Waals surface area (Å²) in [5, 5.41) is 5.28. The molecule has 2 N–H and O–H groups in total. The van der Waals surface area contributed by atoms with Crippen LogP contribution in [0.15, 0.2) is 47.4 Å². The molecule has 6 nitrogen and oxygen atoms in total. The summed E-state index contributed by atoms with van der Waals surface area (Å²) < 4.78 is 23.4. The second kappa shape index (κ2) is 4.91. The van der Waals surface area contributed by atoms with E-state index in [4.69, 9.17) is 16.7 Å². The van der Waals surface area contributed by atoms with E-state index in [1.807, 2.05) is 0 Å². The predicted molar refractivity (Wildman–Crippen MR) is 80.4 cm³/mol. The maximum atomic E-state index is 12.4. The molecule has 0 atom stereocenters. The standard InChI is InChI=1S/C14H9ClN2O4S/c15-8-5-6-11(12(7-8)22(16,20)21)17-13(18)9-3-1-2-4-10(9)14(17)19/h1-7H,(H2,16,20,21). The number of carbonyl (C=O) groups is 2. The number of benzene rings is 2. The summed E-state index contributed by atoms with van der Waals surface area (Å²) in [5.74, 6) is -1.21. The van der Waals surface area contributed by atoms with Crippen LogP contribution in [0.4, 0.5) is 5.69 Å². The number of hydrogen-bond acceptors (Lipinski definition) is 4. The normalized spacial score (nSPS) is 14.4. The van der Waals surface area contributed by atoms with Gasteiger partial charge in [-0.15, -0.1) is 0 Å². The molecule has 112 valence electrons. The Bertz CT molecular complexity index is 889. The van der Waals surface area contributed by atoms with Crippen LogP contribution in [0.1, 0.15) is 20.7 Å². The monoisotopic (exact) mass is 336 g/mol. The molecule has 3 rings (SSSR count). The molecule has 0 aromatic heterocycles. The van der Waals surface area contributed by atoms with Crippen LogP contribution < -0.4 is 10.0 Å². The van der Waals surface area contributed by atoms with Crippen LogP contribution in [0.2, 0.25) is 5.02 Å². The number of fused-ring (bicyclic) bond motifs is 1. The van der Waals surface area contributed by atoms with E-state index in [9.17, 15) is 18.0 Å². The van der Waals surface area contributed by atoms with E-state index in [1.54, 1.807) is 12.1 Å². The molecular formula is C14H9ClN2O4S. The van der Waals surface area contributed by atoms with Gasteiger partial charge in [0.15, 0.2) is 0 Å². The van der Waals surface area contributed by atoms with E-state index in [0.717, 1.165) is 11.0 Å². The van der Waals surface area contributed by atoms with Gasteiger partial charge in [-0.25, -0.2) is 18.5 Å². The van der Waals surface area contributed by atoms with Gasteiger partial charge in [-0.1, -0.05) is 23.7 Å². The topological polar surface area (TPSA) is 97.5 Å². The highest BCUT2D eigenvalue weighted by atomic mass is 35.5. The molecule has 1 heterocycles. The van der Waals surface area contributed by atoms with E-state index in [-0.39, 0.29) is 26.7 Å². The minimum atomic E-state index is -4.16. The van der Waals surface area contributed by atoms with Crippen molar-refractivity contribution in [2.45, 2.75) is 4.90 Å². The average molecular weight is 337 g/mol. The summed E-state index contributed by atoms with van der Waals surface area (Å²) in [6.07, 6.45) is 0. The van der Waals surface area contributed by atoms with E-state index in [1.165, 1.54) is 24.3 Å². The molecule has 0 unspecified atom stereocenters. The number of anilines is 1. The Kier molecular flexibility index (Phi) is 3.28. The number of amides is 2. The van der Waals surface area contributed by atoms with Gasteiger partial charge < -0.3 is 0 Å². The largest absolute Gasteiger partial charge is 0.268 e. The predicted octanol–water partition coefficient (Wildman–Crippen LogP) is 1.79. The van der Waals surface area contributed by atoms with E-state index < -0.39 is 21.8 Å². The third kappa shape index (κ3) is 2.19. The summed E-state index contributed by atoms with van der Waals surface area (Å²) in [6, 6.07) is 10.0. The second-order valence-electron chi connectivity index (χ2n) is 4.65. The van der Waals surface area contributed by atoms with Gasteiger partial charge in [0, 0.05) is 5.02 Å². The van der Waals surface area contributed by atoms with Crippen LogP contribution in [0.5, 0.6) is 0 Å². The molecule has 0 radical (unpaired) electrons. The van der Waals surface area contributed by atoms with Crippen molar-refractivity contribution in [1.29, 1.82) is 0 Å². The van der Waals surface area contributed by atoms with Crippen LogP contribution in [0.3, 0.4) is 0 Å². The number of carbonyl (C=O) groups excluding carboxylic acids is 2. The van der Waals surface area contributed by atoms with Crippen molar-refractivity contribution in [1.82, 2.24) is 0 Å². The number of hydrogen-bond donors (Lipinski definition) is 1. The van der Waals surface area contributed by atoms with E-state index in [2.05, 4.69) is 0 Å². The minimum Gasteiger partial charge on any atom is -0.268 e. The molecule has 2 aromatic rings. The molecule has 22 heavy (non-hydrogen) atoms. The Balaban J connectivity index is 2.23. The molecule has 0 bridgehead atoms. The van der Waals surface area contributed by atoms with Crippen LogP contribution in [-0.2, 0) is 10.0 Å². The number of halogens is 1. The van der Waals surface area contributed by atoms with Gasteiger partial charge in [0.05, 0.1) is 16.8 Å². The molecular weight excluding hydrogens is 328 g/mol. The summed E-state index contributed by atoms with van der Waals surface area (Å²) in [7, 11) is -4.16. The lowest BCUT2D eigenvalue weighted by Crippen LogP contribution is -2.31. The SMILES string of the molecule is NS(=O)(=O)c1cc(Cl)ccc1N1C(=O)c2ccccc2C1=O. The Morgan fingerprint density at radius 2 is 1.50 bits per heavy atom. The Morgan fingerprint density at radius 3 is 2.00 bits per heavy atom. The van der Waals surface area contributed by atoms with Crippen LogP contribution in [0, 0.1) is 0 Å². The van der Waals surface area contributed by atoms with Crippen molar-refractivity contribution in [3.05, 3.63) is 58.6 Å². The number of nitrogens with zero attached hydrogens (tertiary/aromatic N) is 1. The van der Waals surface area contributed by atoms with Gasteiger partial charge in [-0.05, 0) is 30.3 Å². The van der Waals surface area contributed by atoms with Crippen molar-refractivity contribution in [2.75, 3.05) is 4.90 Å². The summed E-state index contributed by atoms with van der Waals surface area (Å²) in [4.78, 5) is 25.2. The molecule has 0 saturated heterocycles. The zero-order valence-corrected chi connectivity index (χ0v) is 12.6. The van der Waals surface area contributed by atoms with Gasteiger partial charge in [0.1, 0.15) is 4.90 Å². The van der Waals surface area contributed by atoms with Crippen molar-refractivity contribution >= 4 is 39.1 Å². The lowest BCUT2D eigenvalue weighted by Gasteiger charge is -2.17. The molecule has 0 fully saturated rings. The molecule has 2 amide bonds. The highest BCUT2D eigenvalue weighted by molar-refractivity contribution is 7.89. The molecule has 0 aliphatic carbocycles. The number of sulfonamides is 1. The Hall–Kier alpha value is -2.22. The summed E-state index contributed by atoms with van der Waals surface area (Å²) >= 11 is 5.78. The first-order chi connectivity index (χ1) is 10.3. The number of imide groups is 1. The first-order valence-electron chi connectivity index (χ1n) is 6.11. The van der Waals surface area contributed by atoms with Crippen molar-refractivity contribution < 1.29 is 18.0 Å². The molecule has 0 saturated carbocycles. The first-order valence-corrected chi connectivity index (χ1v) is 8.03. The van der Waals surface area contributed by atoms with Gasteiger partial charge in [0.2, 0.25) is 10.0 Å². The molecule has 1 aliphatic rings. The van der Waals surface area contributed by atoms with E-state index >= 15 is 0 Å². The van der Waals surface area contributed by atoms with Gasteiger partial charge in [0.25, 0.3) is 11.8 Å². The smallest absolute Gasteiger partial charge is 0.266 e. The first kappa shape index (κ1) is 14.7. The summed E-state index contributed by atoms with van der Waals surface area (Å²) in [5.41, 5.74) is 0.309. The second-order valence-corrected chi connectivity index (χ2v) is 6.61. The van der Waals surface area contributed by atoms with Gasteiger partial charge in [-0.3, -0.25) is 9.59 Å². The number of nitrogens with two attached hydrogens (primary N) is 1. The van der Waals surface area contributed by atoms with Crippen LogP contribution >= 0.6 is 11.6 Å². The quantitative estimate of drug-likeness (QED) is 0.845. The van der Waals surface area contributed by atoms with Crippen molar-refractivity contribution in [3.63, 3.8) is 0 Å². The minimum absolute atomic E-state index is 0.113. The van der Waals surface area contributed by atoms with Gasteiger partial charge >= 0.3 is 0 Å². The van der Waals surface area contributed by atoms with Crippen LogP contribution in [0.25, 0.3) is 0 Å². The highest BCUT2D eigenvalue weighted by Gasteiger charge is 2.38. The number of primary sulfonamides is 1. The van der Waals surface area contributed by atoms with Crippen LogP contribution in [-0.4, -0.2) is 20.2 Å². The molecule has 8 heteroatoms. The Morgan fingerprint density at radius 1 is 0.955 bits per heavy atom. The average Bonchev–Trinajstić information content (AvgIpc) is 2.71. The zero-order valence-electron chi connectivity index (χ0n) is 11.0. The maximum absolute atomic E-state index is 12.4. The fraction of sp³-hybridized carbons (Fsp3) is 0. The fourth-order valence-corrected chi connectivity index (χ4v) is 3.29. The fourth-order valence-electron chi connectivity index (χ4n) is 2.31. The lowest BCUT2D eigenvalue weighted by atomic mass is 10.1. The maximum Gasteiger partial charge on any atom is 0.266 e. The summed E-state index contributed by atoms with van der Waals surface area (Å²) in [6.45, 7) is 0. The Labute approximate surface area is 131 Å². The van der Waals surface area contributed by atoms with E-state index in [0.29, 0.717) is 0 Å². The lowest BCUT2D eigenvalue weighted by molar-refractivity contribution is 0.0925.